The predicted octanol–water partition coefficient (Wildman–Crippen LogP) is 4.19. The van der Waals surface area contributed by atoms with Gasteiger partial charge in [-0.05, 0) is 41.0 Å². The van der Waals surface area contributed by atoms with Crippen molar-refractivity contribution in [2.24, 2.45) is 5.92 Å². The lowest BCUT2D eigenvalue weighted by Crippen LogP contribution is -2.13. The van der Waals surface area contributed by atoms with Crippen LogP contribution in [0.1, 0.15) is 42.5 Å². The molecule has 0 saturated carbocycles. The summed E-state index contributed by atoms with van der Waals surface area (Å²) in [5, 5.41) is 12.2. The average molecular weight is 325 g/mol. The zero-order valence-electron chi connectivity index (χ0n) is 14.6. The van der Waals surface area contributed by atoms with Crippen molar-refractivity contribution in [1.29, 1.82) is 0 Å². The number of hydrogen-bond acceptors (Lipinski definition) is 2. The van der Waals surface area contributed by atoms with Gasteiger partial charge in [-0.15, -0.1) is 0 Å². The van der Waals surface area contributed by atoms with E-state index in [1.807, 2.05) is 12.1 Å². The van der Waals surface area contributed by atoms with E-state index in [0.717, 1.165) is 25.1 Å². The van der Waals surface area contributed by atoms with Crippen LogP contribution in [0.2, 0.25) is 0 Å². The summed E-state index contributed by atoms with van der Waals surface area (Å²) >= 11 is 0. The van der Waals surface area contributed by atoms with Crippen molar-refractivity contribution in [1.82, 2.24) is 5.32 Å². The summed E-state index contributed by atoms with van der Waals surface area (Å²) in [5.74, 6) is -0.0678. The minimum absolute atomic E-state index is 0.180. The maximum absolute atomic E-state index is 10.7. The number of rotatable bonds is 9. The predicted molar refractivity (Wildman–Crippen MR) is 97.9 cm³/mol. The number of carboxylic acids is 1. The van der Waals surface area contributed by atoms with E-state index in [1.54, 1.807) is 0 Å². The minimum atomic E-state index is -0.751. The molecule has 0 radical (unpaired) electrons. The molecular weight excluding hydrogens is 298 g/mol. The fourth-order valence-electron chi connectivity index (χ4n) is 2.76. The maximum Gasteiger partial charge on any atom is 0.303 e. The van der Waals surface area contributed by atoms with Gasteiger partial charge in [0.05, 0.1) is 0 Å². The molecular formula is C21H27NO2. The Morgan fingerprint density at radius 1 is 0.958 bits per heavy atom. The Morgan fingerprint density at radius 2 is 1.58 bits per heavy atom. The summed E-state index contributed by atoms with van der Waals surface area (Å²) in [6.45, 7) is 6.09. The SMILES string of the molecule is CC(C)Cc1ccc(CNCc2cccc(CCC(=O)O)c2)cc1. The van der Waals surface area contributed by atoms with Gasteiger partial charge in [-0.2, -0.15) is 0 Å². The maximum atomic E-state index is 10.7. The molecule has 2 aromatic carbocycles. The first-order chi connectivity index (χ1) is 11.5. The highest BCUT2D eigenvalue weighted by molar-refractivity contribution is 5.67. The van der Waals surface area contributed by atoms with Crippen molar-refractivity contribution in [2.75, 3.05) is 0 Å². The number of hydrogen-bond donors (Lipinski definition) is 2. The van der Waals surface area contributed by atoms with E-state index in [-0.39, 0.29) is 6.42 Å². The quantitative estimate of drug-likeness (QED) is 0.727. The molecule has 0 spiro atoms. The number of carbonyl (C=O) groups is 1. The van der Waals surface area contributed by atoms with Crippen LogP contribution in [0.3, 0.4) is 0 Å². The molecule has 0 aliphatic heterocycles. The Kier molecular flexibility index (Phi) is 7.01. The van der Waals surface area contributed by atoms with Crippen LogP contribution >= 0.6 is 0 Å². The Balaban J connectivity index is 1.81. The molecule has 0 unspecified atom stereocenters. The molecule has 0 fully saturated rings. The van der Waals surface area contributed by atoms with Crippen LogP contribution < -0.4 is 5.32 Å². The smallest absolute Gasteiger partial charge is 0.303 e. The Morgan fingerprint density at radius 3 is 2.25 bits per heavy atom. The Hall–Kier alpha value is -2.13. The van der Waals surface area contributed by atoms with E-state index >= 15 is 0 Å². The van der Waals surface area contributed by atoms with Gasteiger partial charge in [0.25, 0.3) is 0 Å². The van der Waals surface area contributed by atoms with Crippen molar-refractivity contribution in [3.05, 3.63) is 70.8 Å². The molecule has 0 aliphatic rings. The van der Waals surface area contributed by atoms with Crippen LogP contribution in [0.15, 0.2) is 48.5 Å². The van der Waals surface area contributed by atoms with Gasteiger partial charge in [0, 0.05) is 19.5 Å². The van der Waals surface area contributed by atoms with Crippen LogP contribution in [0.4, 0.5) is 0 Å². The van der Waals surface area contributed by atoms with Crippen LogP contribution in [-0.4, -0.2) is 11.1 Å². The zero-order valence-corrected chi connectivity index (χ0v) is 14.6. The third-order valence-electron chi connectivity index (χ3n) is 3.94. The van der Waals surface area contributed by atoms with Gasteiger partial charge < -0.3 is 10.4 Å². The molecule has 2 rings (SSSR count). The first-order valence-corrected chi connectivity index (χ1v) is 8.61. The standard InChI is InChI=1S/C21H27NO2/c1-16(2)12-18-6-8-19(9-7-18)14-22-15-20-5-3-4-17(13-20)10-11-21(23)24/h3-9,13,16,22H,10-12,14-15H2,1-2H3,(H,23,24). The van der Waals surface area contributed by atoms with E-state index in [1.165, 1.54) is 16.7 Å². The lowest BCUT2D eigenvalue weighted by molar-refractivity contribution is -0.136. The average Bonchev–Trinajstić information content (AvgIpc) is 2.54. The summed E-state index contributed by atoms with van der Waals surface area (Å²) < 4.78 is 0. The summed E-state index contributed by atoms with van der Waals surface area (Å²) in [6.07, 6.45) is 1.89. The van der Waals surface area contributed by atoms with E-state index < -0.39 is 5.97 Å². The molecule has 0 aliphatic carbocycles. The van der Waals surface area contributed by atoms with Crippen molar-refractivity contribution in [3.63, 3.8) is 0 Å². The van der Waals surface area contributed by atoms with E-state index in [0.29, 0.717) is 12.3 Å². The van der Waals surface area contributed by atoms with Crippen molar-refractivity contribution in [2.45, 2.75) is 46.2 Å². The summed E-state index contributed by atoms with van der Waals surface area (Å²) in [5.41, 5.74) is 4.94. The minimum Gasteiger partial charge on any atom is -0.481 e. The molecule has 3 nitrogen and oxygen atoms in total. The number of nitrogens with one attached hydrogen (secondary N) is 1. The highest BCUT2D eigenvalue weighted by Gasteiger charge is 2.01. The molecule has 3 heteroatoms. The molecule has 0 bridgehead atoms. The first kappa shape index (κ1) is 18.2. The molecule has 128 valence electrons. The largest absolute Gasteiger partial charge is 0.481 e. The molecule has 2 aromatic rings. The summed E-state index contributed by atoms with van der Waals surface area (Å²) in [4.78, 5) is 10.7. The molecule has 0 aromatic heterocycles. The Labute approximate surface area is 144 Å². The van der Waals surface area contributed by atoms with Crippen LogP contribution in [0.25, 0.3) is 0 Å². The number of benzene rings is 2. The summed E-state index contributed by atoms with van der Waals surface area (Å²) in [6, 6.07) is 16.9. The monoisotopic (exact) mass is 325 g/mol. The van der Waals surface area contributed by atoms with Crippen LogP contribution in [0.5, 0.6) is 0 Å². The molecule has 0 atom stereocenters. The van der Waals surface area contributed by atoms with Gasteiger partial charge in [-0.25, -0.2) is 0 Å². The van der Waals surface area contributed by atoms with Crippen molar-refractivity contribution >= 4 is 5.97 Å². The zero-order chi connectivity index (χ0) is 17.4. The fourth-order valence-corrected chi connectivity index (χ4v) is 2.76. The second-order valence-corrected chi connectivity index (χ2v) is 6.73. The molecule has 24 heavy (non-hydrogen) atoms. The first-order valence-electron chi connectivity index (χ1n) is 8.61. The van der Waals surface area contributed by atoms with Crippen LogP contribution in [0, 0.1) is 5.92 Å². The normalized spacial score (nSPS) is 11.0. The fraction of sp³-hybridized carbons (Fsp3) is 0.381. The number of carboxylic acid groups (broad SMARTS) is 1. The Bertz CT molecular complexity index is 647. The van der Waals surface area contributed by atoms with Gasteiger partial charge in [-0.1, -0.05) is 62.4 Å². The summed E-state index contributed by atoms with van der Waals surface area (Å²) in [7, 11) is 0. The van der Waals surface area contributed by atoms with E-state index in [2.05, 4.69) is 55.6 Å². The van der Waals surface area contributed by atoms with E-state index in [9.17, 15) is 4.79 Å². The molecule has 0 amide bonds. The van der Waals surface area contributed by atoms with Gasteiger partial charge in [0.15, 0.2) is 0 Å². The van der Waals surface area contributed by atoms with Gasteiger partial charge >= 0.3 is 5.97 Å². The van der Waals surface area contributed by atoms with Gasteiger partial charge in [-0.3, -0.25) is 4.79 Å². The van der Waals surface area contributed by atoms with Crippen molar-refractivity contribution in [3.8, 4) is 0 Å². The van der Waals surface area contributed by atoms with Gasteiger partial charge in [0.2, 0.25) is 0 Å². The number of aliphatic carboxylic acids is 1. The van der Waals surface area contributed by atoms with Gasteiger partial charge in [0.1, 0.15) is 0 Å². The molecule has 0 saturated heterocycles. The third-order valence-corrected chi connectivity index (χ3v) is 3.94. The molecule has 0 heterocycles. The highest BCUT2D eigenvalue weighted by atomic mass is 16.4. The van der Waals surface area contributed by atoms with Crippen molar-refractivity contribution < 1.29 is 9.90 Å². The second-order valence-electron chi connectivity index (χ2n) is 6.73. The topological polar surface area (TPSA) is 49.3 Å². The molecule has 2 N–H and O–H groups in total. The van der Waals surface area contributed by atoms with E-state index in [4.69, 9.17) is 5.11 Å². The lowest BCUT2D eigenvalue weighted by Gasteiger charge is -2.09. The van der Waals surface area contributed by atoms with Crippen LogP contribution in [-0.2, 0) is 30.7 Å². The number of aryl methyl sites for hydroxylation is 1. The third kappa shape index (κ3) is 6.55. The lowest BCUT2D eigenvalue weighted by atomic mass is 10.0. The second kappa shape index (κ2) is 9.24. The highest BCUT2D eigenvalue weighted by Crippen LogP contribution is 2.11.